The number of ether oxygens (including phenoxy) is 1. The fraction of sp³-hybridized carbons (Fsp3) is 0.235. The van der Waals surface area contributed by atoms with Gasteiger partial charge in [0, 0.05) is 23.3 Å². The molecular formula is C17H16ClF2NO2. The van der Waals surface area contributed by atoms with Crippen molar-refractivity contribution in [2.24, 2.45) is 0 Å². The summed E-state index contributed by atoms with van der Waals surface area (Å²) < 4.78 is 31.7. The molecule has 0 aliphatic carbocycles. The van der Waals surface area contributed by atoms with Gasteiger partial charge in [-0.15, -0.1) is 0 Å². The number of anilines is 1. The maximum absolute atomic E-state index is 13.3. The van der Waals surface area contributed by atoms with Gasteiger partial charge in [-0.1, -0.05) is 29.8 Å². The lowest BCUT2D eigenvalue weighted by Crippen LogP contribution is -2.34. The average Bonchev–Trinajstić information content (AvgIpc) is 2.53. The summed E-state index contributed by atoms with van der Waals surface area (Å²) in [6, 6.07) is 10.5. The van der Waals surface area contributed by atoms with Crippen molar-refractivity contribution < 1.29 is 18.3 Å². The number of amides is 1. The molecule has 0 heterocycles. The number of hydrogen-bond acceptors (Lipinski definition) is 2. The second-order valence-electron chi connectivity index (χ2n) is 4.82. The molecule has 0 spiro atoms. The van der Waals surface area contributed by atoms with E-state index in [4.69, 9.17) is 16.3 Å². The smallest absolute Gasteiger partial charge is 0.252 e. The molecule has 0 saturated carbocycles. The molecule has 0 radical (unpaired) electrons. The Balaban J connectivity index is 1.97. The Kier molecular flexibility index (Phi) is 6.07. The summed E-state index contributed by atoms with van der Waals surface area (Å²) in [5.41, 5.74) is 1.07. The molecule has 0 saturated heterocycles. The number of carbonyl (C=O) groups is 1. The highest BCUT2D eigenvalue weighted by molar-refractivity contribution is 6.31. The summed E-state index contributed by atoms with van der Waals surface area (Å²) in [6.45, 7) is 2.07. The van der Waals surface area contributed by atoms with Crippen LogP contribution in [0.4, 0.5) is 14.5 Å². The standard InChI is InChI=1S/C17H16ClF2NO2/c1-2-21(13-7-8-15(19)16(20)9-13)17(22)11-23-10-12-5-3-4-6-14(12)18/h3-9H,2,10-11H2,1H3. The molecular weight excluding hydrogens is 324 g/mol. The first-order chi connectivity index (χ1) is 11.0. The van der Waals surface area contributed by atoms with E-state index >= 15 is 0 Å². The average molecular weight is 340 g/mol. The fourth-order valence-corrected chi connectivity index (χ4v) is 2.29. The summed E-state index contributed by atoms with van der Waals surface area (Å²) in [6.07, 6.45) is 0. The van der Waals surface area contributed by atoms with Gasteiger partial charge in [0.15, 0.2) is 11.6 Å². The van der Waals surface area contributed by atoms with Crippen LogP contribution in [-0.2, 0) is 16.1 Å². The molecule has 0 N–H and O–H groups in total. The van der Waals surface area contributed by atoms with E-state index < -0.39 is 11.6 Å². The van der Waals surface area contributed by atoms with E-state index in [9.17, 15) is 13.6 Å². The highest BCUT2D eigenvalue weighted by Crippen LogP contribution is 2.19. The fourth-order valence-electron chi connectivity index (χ4n) is 2.10. The molecule has 0 atom stereocenters. The van der Waals surface area contributed by atoms with Crippen LogP contribution in [0.25, 0.3) is 0 Å². The van der Waals surface area contributed by atoms with Crippen LogP contribution in [0, 0.1) is 11.6 Å². The molecule has 0 aliphatic rings. The van der Waals surface area contributed by atoms with Gasteiger partial charge in [0.25, 0.3) is 5.91 Å². The van der Waals surface area contributed by atoms with Crippen LogP contribution in [0.2, 0.25) is 5.02 Å². The van der Waals surface area contributed by atoms with Crippen molar-refractivity contribution in [2.45, 2.75) is 13.5 Å². The molecule has 1 amide bonds. The summed E-state index contributed by atoms with van der Waals surface area (Å²) in [5.74, 6) is -2.29. The zero-order valence-electron chi connectivity index (χ0n) is 12.6. The van der Waals surface area contributed by atoms with E-state index in [1.165, 1.54) is 11.0 Å². The largest absolute Gasteiger partial charge is 0.367 e. The van der Waals surface area contributed by atoms with Crippen molar-refractivity contribution in [3.05, 3.63) is 64.7 Å². The Hall–Kier alpha value is -1.98. The minimum atomic E-state index is -0.995. The van der Waals surface area contributed by atoms with E-state index in [0.717, 1.165) is 17.7 Å². The third-order valence-corrected chi connectivity index (χ3v) is 3.64. The molecule has 0 bridgehead atoms. The minimum Gasteiger partial charge on any atom is -0.367 e. The Labute approximate surface area is 138 Å². The maximum Gasteiger partial charge on any atom is 0.252 e. The Morgan fingerprint density at radius 2 is 1.91 bits per heavy atom. The van der Waals surface area contributed by atoms with E-state index in [-0.39, 0.29) is 24.8 Å². The zero-order chi connectivity index (χ0) is 16.8. The van der Waals surface area contributed by atoms with Gasteiger partial charge in [0.2, 0.25) is 0 Å². The molecule has 122 valence electrons. The van der Waals surface area contributed by atoms with Crippen LogP contribution in [0.5, 0.6) is 0 Å². The van der Waals surface area contributed by atoms with Gasteiger partial charge in [-0.25, -0.2) is 8.78 Å². The van der Waals surface area contributed by atoms with Crippen LogP contribution in [0.1, 0.15) is 12.5 Å². The van der Waals surface area contributed by atoms with E-state index in [2.05, 4.69) is 0 Å². The van der Waals surface area contributed by atoms with E-state index in [1.54, 1.807) is 25.1 Å². The highest BCUT2D eigenvalue weighted by Gasteiger charge is 2.16. The van der Waals surface area contributed by atoms with Gasteiger partial charge in [-0.2, -0.15) is 0 Å². The predicted octanol–water partition coefficient (Wildman–Crippen LogP) is 4.19. The first-order valence-corrected chi connectivity index (χ1v) is 7.47. The SMILES string of the molecule is CCN(C(=O)COCc1ccccc1Cl)c1ccc(F)c(F)c1. The predicted molar refractivity (Wildman–Crippen MR) is 85.5 cm³/mol. The lowest BCUT2D eigenvalue weighted by atomic mass is 10.2. The molecule has 2 rings (SSSR count). The van der Waals surface area contributed by atoms with Crippen molar-refractivity contribution in [1.29, 1.82) is 0 Å². The molecule has 23 heavy (non-hydrogen) atoms. The van der Waals surface area contributed by atoms with Crippen LogP contribution < -0.4 is 4.90 Å². The van der Waals surface area contributed by atoms with Crippen LogP contribution in [-0.4, -0.2) is 19.1 Å². The van der Waals surface area contributed by atoms with Crippen LogP contribution in [0.15, 0.2) is 42.5 Å². The van der Waals surface area contributed by atoms with Gasteiger partial charge < -0.3 is 9.64 Å². The summed E-state index contributed by atoms with van der Waals surface area (Å²) in [4.78, 5) is 13.5. The van der Waals surface area contributed by atoms with Crippen LogP contribution in [0.3, 0.4) is 0 Å². The summed E-state index contributed by atoms with van der Waals surface area (Å²) in [5, 5.41) is 0.563. The minimum absolute atomic E-state index is 0.182. The normalized spacial score (nSPS) is 10.6. The Bertz CT molecular complexity index is 694. The molecule has 3 nitrogen and oxygen atoms in total. The molecule has 0 aromatic heterocycles. The lowest BCUT2D eigenvalue weighted by molar-refractivity contribution is -0.123. The molecule has 2 aromatic carbocycles. The summed E-state index contributed by atoms with van der Waals surface area (Å²) in [7, 11) is 0. The van der Waals surface area contributed by atoms with Gasteiger partial charge in [-0.05, 0) is 30.7 Å². The number of rotatable bonds is 6. The molecule has 0 unspecified atom stereocenters. The third-order valence-electron chi connectivity index (χ3n) is 3.27. The maximum atomic E-state index is 13.3. The van der Waals surface area contributed by atoms with Gasteiger partial charge in [0.1, 0.15) is 6.61 Å². The molecule has 0 fully saturated rings. The van der Waals surface area contributed by atoms with E-state index in [1.807, 2.05) is 6.07 Å². The van der Waals surface area contributed by atoms with Crippen molar-refractivity contribution in [2.75, 3.05) is 18.1 Å². The van der Waals surface area contributed by atoms with Gasteiger partial charge in [0.05, 0.1) is 6.61 Å². The number of benzene rings is 2. The second kappa shape index (κ2) is 8.04. The Morgan fingerprint density at radius 3 is 2.57 bits per heavy atom. The number of likely N-dealkylation sites (N-methyl/N-ethyl adjacent to an activating group) is 1. The van der Waals surface area contributed by atoms with Crippen molar-refractivity contribution in [3.8, 4) is 0 Å². The number of halogens is 3. The molecule has 2 aromatic rings. The third kappa shape index (κ3) is 4.50. The molecule has 0 aliphatic heterocycles. The molecule has 6 heteroatoms. The summed E-state index contributed by atoms with van der Waals surface area (Å²) >= 11 is 6.00. The number of nitrogens with zero attached hydrogens (tertiary/aromatic N) is 1. The lowest BCUT2D eigenvalue weighted by Gasteiger charge is -2.21. The first-order valence-electron chi connectivity index (χ1n) is 7.09. The quantitative estimate of drug-likeness (QED) is 0.790. The second-order valence-corrected chi connectivity index (χ2v) is 5.23. The van der Waals surface area contributed by atoms with Gasteiger partial charge >= 0.3 is 0 Å². The van der Waals surface area contributed by atoms with Crippen molar-refractivity contribution >= 4 is 23.2 Å². The van der Waals surface area contributed by atoms with E-state index in [0.29, 0.717) is 11.6 Å². The Morgan fingerprint density at radius 1 is 1.17 bits per heavy atom. The number of carbonyl (C=O) groups excluding carboxylic acids is 1. The first kappa shape index (κ1) is 17.4. The van der Waals surface area contributed by atoms with Crippen molar-refractivity contribution in [3.63, 3.8) is 0 Å². The van der Waals surface area contributed by atoms with Crippen LogP contribution >= 0.6 is 11.6 Å². The number of hydrogen-bond donors (Lipinski definition) is 0. The highest BCUT2D eigenvalue weighted by atomic mass is 35.5. The van der Waals surface area contributed by atoms with Crippen molar-refractivity contribution in [1.82, 2.24) is 0 Å². The van der Waals surface area contributed by atoms with Gasteiger partial charge in [-0.3, -0.25) is 4.79 Å². The monoisotopic (exact) mass is 339 g/mol. The zero-order valence-corrected chi connectivity index (χ0v) is 13.3. The topological polar surface area (TPSA) is 29.5 Å².